The summed E-state index contributed by atoms with van der Waals surface area (Å²) in [5.74, 6) is 4.95. The molecule has 312 valence electrons. The molecule has 1 aliphatic heterocycles. The molecule has 4 bridgehead atoms. The predicted molar refractivity (Wildman–Crippen MR) is 265 cm³/mol. The predicted octanol–water partition coefficient (Wildman–Crippen LogP) is 15.4. The summed E-state index contributed by atoms with van der Waals surface area (Å²) in [5.41, 5.74) is 16.7. The van der Waals surface area contributed by atoms with E-state index in [1.807, 2.05) is 6.07 Å². The zero-order chi connectivity index (χ0) is 42.9. The number of hydrogen-bond acceptors (Lipinski definition) is 4. The minimum Gasteiger partial charge on any atom is -0.310 e. The fourth-order valence-corrected chi connectivity index (χ4v) is 12.7. The number of nitrogens with zero attached hydrogens (tertiary/aromatic N) is 4. The SMILES string of the molecule is c1ccc(-c2cc(-c3ccccc3)cc(-c3ccc(-c4nc(-c5ccccc5)nc(-c5ccc6c(c5)C5(c7ccccc7N6c6ccccc6)C6CC7CC(C6)CC5C7)n4)cc3)c2)cc1. The molecule has 0 amide bonds. The third-order valence-corrected chi connectivity index (χ3v) is 15.3. The molecule has 4 aliphatic carbocycles. The highest BCUT2D eigenvalue weighted by Gasteiger charge is 2.61. The highest BCUT2D eigenvalue weighted by molar-refractivity contribution is 5.88. The molecule has 9 aromatic rings. The molecule has 14 rings (SSSR count). The lowest BCUT2D eigenvalue weighted by molar-refractivity contribution is -0.0419. The smallest absolute Gasteiger partial charge is 0.164 e. The summed E-state index contributed by atoms with van der Waals surface area (Å²) in [7, 11) is 0. The first kappa shape index (κ1) is 38.1. The van der Waals surface area contributed by atoms with E-state index in [1.54, 1.807) is 0 Å². The van der Waals surface area contributed by atoms with Crippen molar-refractivity contribution < 1.29 is 0 Å². The second-order valence-corrected chi connectivity index (χ2v) is 18.9. The second-order valence-electron chi connectivity index (χ2n) is 18.9. The van der Waals surface area contributed by atoms with Crippen LogP contribution >= 0.6 is 0 Å². The van der Waals surface area contributed by atoms with E-state index in [0.29, 0.717) is 29.3 Å². The Morgan fingerprint density at radius 2 is 0.723 bits per heavy atom. The topological polar surface area (TPSA) is 41.9 Å². The molecule has 0 radical (unpaired) electrons. The first-order chi connectivity index (χ1) is 32.2. The van der Waals surface area contributed by atoms with Crippen LogP contribution in [0.15, 0.2) is 206 Å². The zero-order valence-corrected chi connectivity index (χ0v) is 36.3. The molecule has 4 heteroatoms. The van der Waals surface area contributed by atoms with Crippen molar-refractivity contribution in [3.8, 4) is 67.5 Å². The molecule has 1 aromatic heterocycles. The van der Waals surface area contributed by atoms with E-state index in [4.69, 9.17) is 15.0 Å². The van der Waals surface area contributed by atoms with Crippen molar-refractivity contribution in [2.45, 2.75) is 37.5 Å². The van der Waals surface area contributed by atoms with E-state index in [9.17, 15) is 0 Å². The standard InChI is InChI=1S/C61H48N4/c1-5-15-42(16-6-1)48-36-49(43-17-7-2-8-18-43)38-50(37-48)44-25-27-46(28-26-44)59-62-58(45-19-9-3-10-20-45)63-60(64-59)47-29-30-57-55(39-47)61(51-32-40-31-41(34-51)35-52(61)33-40)54-23-13-14-24-56(54)65(57)53-21-11-4-12-22-53/h1-30,36-41,51-52H,31-35H2. The van der Waals surface area contributed by atoms with Gasteiger partial charge in [0, 0.05) is 27.8 Å². The molecule has 65 heavy (non-hydrogen) atoms. The fraction of sp³-hybridized carbons (Fsp3) is 0.164. The maximum Gasteiger partial charge on any atom is 0.164 e. The Kier molecular flexibility index (Phi) is 9.01. The second kappa shape index (κ2) is 15.4. The molecule has 4 saturated carbocycles. The van der Waals surface area contributed by atoms with E-state index in [2.05, 4.69) is 205 Å². The number of para-hydroxylation sites is 2. The molecule has 4 nitrogen and oxygen atoms in total. The Morgan fingerprint density at radius 1 is 0.323 bits per heavy atom. The summed E-state index contributed by atoms with van der Waals surface area (Å²) in [6.07, 6.45) is 6.66. The van der Waals surface area contributed by atoms with Gasteiger partial charge in [0.1, 0.15) is 0 Å². The van der Waals surface area contributed by atoms with Gasteiger partial charge in [0.05, 0.1) is 11.4 Å². The van der Waals surface area contributed by atoms with Gasteiger partial charge in [0.25, 0.3) is 0 Å². The zero-order valence-electron chi connectivity index (χ0n) is 36.3. The number of fused-ring (bicyclic) bond motifs is 2. The fourth-order valence-electron chi connectivity index (χ4n) is 12.7. The average molecular weight is 837 g/mol. The van der Waals surface area contributed by atoms with Crippen LogP contribution in [0.3, 0.4) is 0 Å². The van der Waals surface area contributed by atoms with Crippen LogP contribution in [0, 0.1) is 23.7 Å². The summed E-state index contributed by atoms with van der Waals surface area (Å²) in [4.78, 5) is 18.4. The van der Waals surface area contributed by atoms with Crippen molar-refractivity contribution in [2.24, 2.45) is 23.7 Å². The van der Waals surface area contributed by atoms with Gasteiger partial charge in [0.2, 0.25) is 0 Å². The third-order valence-electron chi connectivity index (χ3n) is 15.3. The van der Waals surface area contributed by atoms with Crippen LogP contribution in [0.4, 0.5) is 17.1 Å². The Bertz CT molecular complexity index is 3120. The van der Waals surface area contributed by atoms with Crippen molar-refractivity contribution in [1.82, 2.24) is 15.0 Å². The van der Waals surface area contributed by atoms with Gasteiger partial charge >= 0.3 is 0 Å². The Balaban J connectivity index is 0.951. The van der Waals surface area contributed by atoms with Gasteiger partial charge in [-0.05, 0) is 155 Å². The van der Waals surface area contributed by atoms with Gasteiger partial charge < -0.3 is 4.90 Å². The van der Waals surface area contributed by atoms with E-state index in [1.165, 1.54) is 82.5 Å². The van der Waals surface area contributed by atoms with Gasteiger partial charge in [0.15, 0.2) is 17.5 Å². The minimum absolute atomic E-state index is 0.0627. The Hall–Kier alpha value is -7.43. The number of hydrogen-bond donors (Lipinski definition) is 0. The van der Waals surface area contributed by atoms with Gasteiger partial charge in [-0.2, -0.15) is 0 Å². The van der Waals surface area contributed by atoms with Crippen LogP contribution < -0.4 is 4.90 Å². The first-order valence-electron chi connectivity index (χ1n) is 23.4. The minimum atomic E-state index is -0.0627. The lowest BCUT2D eigenvalue weighted by Crippen LogP contribution is -2.57. The van der Waals surface area contributed by atoms with Crippen LogP contribution in [0.1, 0.15) is 43.2 Å². The van der Waals surface area contributed by atoms with Gasteiger partial charge in [-0.3, -0.25) is 0 Å². The molecule has 2 heterocycles. The van der Waals surface area contributed by atoms with Crippen molar-refractivity contribution in [3.05, 3.63) is 217 Å². The third kappa shape index (κ3) is 6.37. The van der Waals surface area contributed by atoms with E-state index in [-0.39, 0.29) is 5.41 Å². The van der Waals surface area contributed by atoms with Crippen LogP contribution in [-0.4, -0.2) is 15.0 Å². The highest BCUT2D eigenvalue weighted by Crippen LogP contribution is 2.69. The molecular weight excluding hydrogens is 789 g/mol. The van der Waals surface area contributed by atoms with Crippen LogP contribution in [0.25, 0.3) is 67.5 Å². The highest BCUT2D eigenvalue weighted by atomic mass is 15.2. The van der Waals surface area contributed by atoms with Crippen molar-refractivity contribution in [2.75, 3.05) is 4.90 Å². The summed E-state index contributed by atoms with van der Waals surface area (Å²) in [5, 5.41) is 0. The summed E-state index contributed by atoms with van der Waals surface area (Å²) >= 11 is 0. The molecule has 4 fully saturated rings. The largest absolute Gasteiger partial charge is 0.310 e. The number of anilines is 3. The lowest BCUT2D eigenvalue weighted by Gasteiger charge is -2.64. The van der Waals surface area contributed by atoms with Gasteiger partial charge in [-0.15, -0.1) is 0 Å². The summed E-state index contributed by atoms with van der Waals surface area (Å²) < 4.78 is 0. The maximum atomic E-state index is 5.37. The van der Waals surface area contributed by atoms with Gasteiger partial charge in [-0.25, -0.2) is 15.0 Å². The quantitative estimate of drug-likeness (QED) is 0.160. The van der Waals surface area contributed by atoms with Crippen molar-refractivity contribution >= 4 is 17.1 Å². The normalized spacial score (nSPS) is 21.3. The molecule has 0 N–H and O–H groups in total. The molecule has 1 spiro atoms. The van der Waals surface area contributed by atoms with Crippen LogP contribution in [0.2, 0.25) is 0 Å². The van der Waals surface area contributed by atoms with E-state index in [0.717, 1.165) is 39.7 Å². The number of rotatable bonds is 7. The molecule has 0 unspecified atom stereocenters. The lowest BCUT2D eigenvalue weighted by atomic mass is 9.41. The van der Waals surface area contributed by atoms with Crippen LogP contribution in [-0.2, 0) is 5.41 Å². The molecule has 8 aromatic carbocycles. The Morgan fingerprint density at radius 3 is 1.28 bits per heavy atom. The first-order valence-corrected chi connectivity index (χ1v) is 23.4. The van der Waals surface area contributed by atoms with Crippen molar-refractivity contribution in [3.63, 3.8) is 0 Å². The summed E-state index contributed by atoms with van der Waals surface area (Å²) in [6, 6.07) is 74.7. The van der Waals surface area contributed by atoms with E-state index < -0.39 is 0 Å². The Labute approximate surface area is 381 Å². The molecule has 5 aliphatic rings. The molecule has 0 atom stereocenters. The number of benzene rings is 8. The summed E-state index contributed by atoms with van der Waals surface area (Å²) in [6.45, 7) is 0. The molecular formula is C61H48N4. The monoisotopic (exact) mass is 836 g/mol. The molecule has 0 saturated heterocycles. The number of aromatic nitrogens is 3. The average Bonchev–Trinajstić information content (AvgIpc) is 3.38. The van der Waals surface area contributed by atoms with E-state index >= 15 is 0 Å². The van der Waals surface area contributed by atoms with Gasteiger partial charge in [-0.1, -0.05) is 152 Å². The van der Waals surface area contributed by atoms with Crippen LogP contribution in [0.5, 0.6) is 0 Å². The van der Waals surface area contributed by atoms with Crippen molar-refractivity contribution in [1.29, 1.82) is 0 Å². The maximum absolute atomic E-state index is 5.37.